The number of nitrogen functional groups attached to an aromatic ring is 1. The lowest BCUT2D eigenvalue weighted by atomic mass is 10.2. The van der Waals surface area contributed by atoms with Gasteiger partial charge in [-0.05, 0) is 61.3 Å². The van der Waals surface area contributed by atoms with Crippen molar-refractivity contribution in [3.63, 3.8) is 0 Å². The summed E-state index contributed by atoms with van der Waals surface area (Å²) >= 11 is 0. The van der Waals surface area contributed by atoms with Gasteiger partial charge in [-0.2, -0.15) is 0 Å². The molecule has 110 valence electrons. The molecule has 2 N–H and O–H groups in total. The van der Waals surface area contributed by atoms with E-state index in [1.54, 1.807) is 0 Å². The Balaban J connectivity index is 1.60. The third kappa shape index (κ3) is 3.99. The molecule has 0 unspecified atom stereocenters. The third-order valence-electron chi connectivity index (χ3n) is 3.86. The Bertz CT molecular complexity index is 591. The molecule has 1 aliphatic rings. The van der Waals surface area contributed by atoms with Gasteiger partial charge in [0.2, 0.25) is 0 Å². The molecule has 1 heterocycles. The number of nitrogens with zero attached hydrogens (tertiary/aromatic N) is 1. The molecule has 3 heteroatoms. The Labute approximate surface area is 126 Å². The monoisotopic (exact) mass is 282 g/mol. The van der Waals surface area contributed by atoms with Crippen molar-refractivity contribution in [2.45, 2.75) is 26.0 Å². The lowest BCUT2D eigenvalue weighted by molar-refractivity contribution is 0.303. The molecule has 0 aromatic heterocycles. The average molecular weight is 282 g/mol. The van der Waals surface area contributed by atoms with Gasteiger partial charge < -0.3 is 10.5 Å². The molecule has 2 aromatic carbocycles. The van der Waals surface area contributed by atoms with Crippen molar-refractivity contribution in [3.8, 4) is 5.75 Å². The van der Waals surface area contributed by atoms with E-state index < -0.39 is 0 Å². The van der Waals surface area contributed by atoms with Crippen LogP contribution in [0.5, 0.6) is 5.75 Å². The van der Waals surface area contributed by atoms with E-state index in [0.717, 1.165) is 23.5 Å². The number of rotatable bonds is 5. The molecule has 1 saturated heterocycles. The fraction of sp³-hybridized carbons (Fsp3) is 0.333. The molecule has 3 nitrogen and oxygen atoms in total. The van der Waals surface area contributed by atoms with Gasteiger partial charge in [0.05, 0.1) is 0 Å². The molecule has 2 aromatic rings. The highest BCUT2D eigenvalue weighted by molar-refractivity contribution is 5.40. The maximum atomic E-state index is 5.88. The predicted octanol–water partition coefficient (Wildman–Crippen LogP) is 3.44. The molecular weight excluding hydrogens is 260 g/mol. The fourth-order valence-electron chi connectivity index (χ4n) is 2.78. The highest BCUT2D eigenvalue weighted by Crippen LogP contribution is 2.19. The smallest absolute Gasteiger partial charge is 0.120 e. The maximum Gasteiger partial charge on any atom is 0.120 e. The Morgan fingerprint density at radius 2 is 1.71 bits per heavy atom. The molecule has 0 amide bonds. The average Bonchev–Trinajstić information content (AvgIpc) is 2.99. The zero-order valence-electron chi connectivity index (χ0n) is 12.3. The van der Waals surface area contributed by atoms with Crippen LogP contribution in [-0.2, 0) is 13.2 Å². The van der Waals surface area contributed by atoms with Gasteiger partial charge in [0.25, 0.3) is 0 Å². The molecule has 0 bridgehead atoms. The molecule has 0 spiro atoms. The SMILES string of the molecule is Nc1cccc(COc2cccc(CN3CCCC3)c2)c1. The largest absolute Gasteiger partial charge is 0.489 e. The van der Waals surface area contributed by atoms with Crippen molar-refractivity contribution in [1.82, 2.24) is 4.90 Å². The number of hydrogen-bond donors (Lipinski definition) is 1. The van der Waals surface area contributed by atoms with Gasteiger partial charge in [-0.3, -0.25) is 4.90 Å². The number of benzene rings is 2. The van der Waals surface area contributed by atoms with E-state index in [0.29, 0.717) is 6.61 Å². The van der Waals surface area contributed by atoms with Crippen LogP contribution in [0.2, 0.25) is 0 Å². The minimum Gasteiger partial charge on any atom is -0.489 e. The molecule has 0 radical (unpaired) electrons. The van der Waals surface area contributed by atoms with E-state index in [1.165, 1.54) is 31.5 Å². The first-order valence-corrected chi connectivity index (χ1v) is 7.58. The van der Waals surface area contributed by atoms with E-state index in [1.807, 2.05) is 30.3 Å². The maximum absolute atomic E-state index is 5.88. The number of ether oxygens (including phenoxy) is 1. The summed E-state index contributed by atoms with van der Waals surface area (Å²) in [6, 6.07) is 16.2. The molecule has 21 heavy (non-hydrogen) atoms. The van der Waals surface area contributed by atoms with Crippen molar-refractivity contribution in [2.75, 3.05) is 18.8 Å². The lowest BCUT2D eigenvalue weighted by Crippen LogP contribution is -2.18. The second-order valence-electron chi connectivity index (χ2n) is 5.66. The summed E-state index contributed by atoms with van der Waals surface area (Å²) in [6.45, 7) is 4.01. The summed E-state index contributed by atoms with van der Waals surface area (Å²) < 4.78 is 5.88. The van der Waals surface area contributed by atoms with Crippen LogP contribution < -0.4 is 10.5 Å². The summed E-state index contributed by atoms with van der Waals surface area (Å²) in [7, 11) is 0. The van der Waals surface area contributed by atoms with Crippen LogP contribution >= 0.6 is 0 Å². The van der Waals surface area contributed by atoms with Crippen LogP contribution in [0.25, 0.3) is 0 Å². The summed E-state index contributed by atoms with van der Waals surface area (Å²) in [4.78, 5) is 2.50. The number of likely N-dealkylation sites (tertiary alicyclic amines) is 1. The van der Waals surface area contributed by atoms with Crippen molar-refractivity contribution in [2.24, 2.45) is 0 Å². The van der Waals surface area contributed by atoms with E-state index in [2.05, 4.69) is 23.1 Å². The molecular formula is C18H22N2O. The standard InChI is InChI=1S/C18H22N2O/c19-17-7-3-6-16(11-17)14-21-18-8-4-5-15(12-18)13-20-9-1-2-10-20/h3-8,11-12H,1-2,9-10,13-14,19H2. The van der Waals surface area contributed by atoms with Gasteiger partial charge >= 0.3 is 0 Å². The molecule has 3 rings (SSSR count). The van der Waals surface area contributed by atoms with Gasteiger partial charge in [0.1, 0.15) is 12.4 Å². The predicted molar refractivity (Wildman–Crippen MR) is 86.1 cm³/mol. The van der Waals surface area contributed by atoms with Crippen LogP contribution in [-0.4, -0.2) is 18.0 Å². The Morgan fingerprint density at radius 3 is 2.52 bits per heavy atom. The van der Waals surface area contributed by atoms with Gasteiger partial charge in [-0.15, -0.1) is 0 Å². The lowest BCUT2D eigenvalue weighted by Gasteiger charge is -2.15. The second kappa shape index (κ2) is 6.64. The highest BCUT2D eigenvalue weighted by Gasteiger charge is 2.11. The van der Waals surface area contributed by atoms with Crippen LogP contribution in [0.3, 0.4) is 0 Å². The van der Waals surface area contributed by atoms with Crippen LogP contribution in [0.4, 0.5) is 5.69 Å². The summed E-state index contributed by atoms with van der Waals surface area (Å²) in [5.41, 5.74) is 8.98. The van der Waals surface area contributed by atoms with Gasteiger partial charge in [-0.25, -0.2) is 0 Å². The van der Waals surface area contributed by atoms with Crippen molar-refractivity contribution < 1.29 is 4.74 Å². The third-order valence-corrected chi connectivity index (χ3v) is 3.86. The first-order chi connectivity index (χ1) is 10.3. The highest BCUT2D eigenvalue weighted by atomic mass is 16.5. The van der Waals surface area contributed by atoms with E-state index in [-0.39, 0.29) is 0 Å². The zero-order valence-corrected chi connectivity index (χ0v) is 12.3. The van der Waals surface area contributed by atoms with E-state index in [4.69, 9.17) is 10.5 Å². The summed E-state index contributed by atoms with van der Waals surface area (Å²) in [5.74, 6) is 0.925. The first kappa shape index (κ1) is 14.0. The van der Waals surface area contributed by atoms with E-state index in [9.17, 15) is 0 Å². The van der Waals surface area contributed by atoms with Crippen molar-refractivity contribution in [3.05, 3.63) is 59.7 Å². The van der Waals surface area contributed by atoms with Crippen molar-refractivity contribution >= 4 is 5.69 Å². The summed E-state index contributed by atoms with van der Waals surface area (Å²) in [6.07, 6.45) is 2.65. The minimum absolute atomic E-state index is 0.554. The minimum atomic E-state index is 0.554. The number of anilines is 1. The van der Waals surface area contributed by atoms with E-state index >= 15 is 0 Å². The van der Waals surface area contributed by atoms with Crippen molar-refractivity contribution in [1.29, 1.82) is 0 Å². The van der Waals surface area contributed by atoms with Crippen LogP contribution in [0.1, 0.15) is 24.0 Å². The molecule has 1 fully saturated rings. The normalized spacial score (nSPS) is 15.2. The number of hydrogen-bond acceptors (Lipinski definition) is 3. The zero-order chi connectivity index (χ0) is 14.5. The Morgan fingerprint density at radius 1 is 0.952 bits per heavy atom. The van der Waals surface area contributed by atoms with Crippen LogP contribution in [0, 0.1) is 0 Å². The summed E-state index contributed by atoms with van der Waals surface area (Å²) in [5, 5.41) is 0. The molecule has 0 saturated carbocycles. The topological polar surface area (TPSA) is 38.5 Å². The molecule has 1 aliphatic heterocycles. The quantitative estimate of drug-likeness (QED) is 0.854. The first-order valence-electron chi connectivity index (χ1n) is 7.58. The molecule has 0 atom stereocenters. The second-order valence-corrected chi connectivity index (χ2v) is 5.66. The molecule has 0 aliphatic carbocycles. The Kier molecular flexibility index (Phi) is 4.41. The Hall–Kier alpha value is -2.00. The van der Waals surface area contributed by atoms with Gasteiger partial charge in [0, 0.05) is 12.2 Å². The number of nitrogens with two attached hydrogens (primary N) is 1. The van der Waals surface area contributed by atoms with Crippen LogP contribution in [0.15, 0.2) is 48.5 Å². The van der Waals surface area contributed by atoms with Gasteiger partial charge in [-0.1, -0.05) is 24.3 Å². The fourth-order valence-corrected chi connectivity index (χ4v) is 2.78. The van der Waals surface area contributed by atoms with Gasteiger partial charge in [0.15, 0.2) is 0 Å².